The molecule has 4 fully saturated rings. The van der Waals surface area contributed by atoms with E-state index < -0.39 is 6.04 Å². The lowest BCUT2D eigenvalue weighted by atomic mass is 9.65. The smallest absolute Gasteiger partial charge is 0.255 e. The van der Waals surface area contributed by atoms with Crippen LogP contribution in [0.4, 0.5) is 0 Å². The van der Waals surface area contributed by atoms with E-state index >= 15 is 0 Å². The van der Waals surface area contributed by atoms with Crippen molar-refractivity contribution in [1.82, 2.24) is 20.0 Å². The Bertz CT molecular complexity index is 988. The summed E-state index contributed by atoms with van der Waals surface area (Å²) < 4.78 is 0. The van der Waals surface area contributed by atoms with Crippen LogP contribution in [-0.4, -0.2) is 75.7 Å². The minimum atomic E-state index is -0.571. The molecule has 3 saturated heterocycles. The molecule has 1 aliphatic carbocycles. The highest BCUT2D eigenvalue weighted by Gasteiger charge is 2.57. The van der Waals surface area contributed by atoms with Crippen LogP contribution in [0.15, 0.2) is 18.2 Å². The minimum absolute atomic E-state index is 0.0797. The highest BCUT2D eigenvalue weighted by atomic mass is 16.2. The molecule has 0 radical (unpaired) electrons. The van der Waals surface area contributed by atoms with E-state index in [2.05, 4.69) is 21.2 Å². The molecular formula is C24H31N5O3. The fraction of sp³-hybridized carbons (Fsp3) is 0.625. The molecule has 3 N–H and O–H groups in total. The third-order valence-corrected chi connectivity index (χ3v) is 8.50. The van der Waals surface area contributed by atoms with Crippen molar-refractivity contribution >= 4 is 17.7 Å². The number of nitrogens with two attached hydrogens (primary N) is 1. The van der Waals surface area contributed by atoms with E-state index in [-0.39, 0.29) is 35.7 Å². The number of rotatable bonds is 3. The number of piperazine rings is 1. The second-order valence-electron chi connectivity index (χ2n) is 10.2. The summed E-state index contributed by atoms with van der Waals surface area (Å²) in [7, 11) is 0. The molecule has 6 rings (SSSR count). The monoisotopic (exact) mass is 437 g/mol. The van der Waals surface area contributed by atoms with Crippen LogP contribution in [0.25, 0.3) is 0 Å². The second kappa shape index (κ2) is 7.37. The zero-order valence-corrected chi connectivity index (χ0v) is 18.4. The van der Waals surface area contributed by atoms with Crippen LogP contribution in [0.3, 0.4) is 0 Å². The molecular weight excluding hydrogens is 406 g/mol. The molecule has 2 unspecified atom stereocenters. The first-order chi connectivity index (χ1) is 15.5. The maximum absolute atomic E-state index is 13.5. The lowest BCUT2D eigenvalue weighted by Crippen LogP contribution is -2.73. The van der Waals surface area contributed by atoms with E-state index in [0.717, 1.165) is 49.2 Å². The van der Waals surface area contributed by atoms with Gasteiger partial charge in [0.05, 0.1) is 0 Å². The number of amides is 3. The van der Waals surface area contributed by atoms with Gasteiger partial charge in [-0.3, -0.25) is 29.5 Å². The minimum Gasteiger partial charge on any atom is -0.328 e. The van der Waals surface area contributed by atoms with Crippen LogP contribution in [0.1, 0.15) is 60.0 Å². The van der Waals surface area contributed by atoms with Crippen LogP contribution in [0.2, 0.25) is 0 Å². The highest BCUT2D eigenvalue weighted by Crippen LogP contribution is 2.48. The summed E-state index contributed by atoms with van der Waals surface area (Å²) in [4.78, 5) is 44.3. The average molecular weight is 438 g/mol. The number of nitrogens with one attached hydrogen (secondary N) is 1. The molecule has 0 bridgehead atoms. The number of nitrogens with zero attached hydrogens (tertiary/aromatic N) is 3. The first kappa shape index (κ1) is 20.3. The quantitative estimate of drug-likeness (QED) is 0.672. The first-order valence-corrected chi connectivity index (χ1v) is 12.0. The van der Waals surface area contributed by atoms with Gasteiger partial charge in [-0.25, -0.2) is 0 Å². The average Bonchev–Trinajstić information content (AvgIpc) is 3.35. The molecule has 8 nitrogen and oxygen atoms in total. The number of hydrogen-bond acceptors (Lipinski definition) is 6. The number of fused-ring (bicyclic) bond motifs is 3. The molecule has 170 valence electrons. The summed E-state index contributed by atoms with van der Waals surface area (Å²) in [6.45, 7) is 4.44. The van der Waals surface area contributed by atoms with Crippen molar-refractivity contribution in [2.45, 2.75) is 75.3 Å². The van der Waals surface area contributed by atoms with Gasteiger partial charge in [-0.2, -0.15) is 0 Å². The molecule has 1 aromatic carbocycles. The third kappa shape index (κ3) is 2.96. The molecule has 4 aliphatic heterocycles. The second-order valence-corrected chi connectivity index (χ2v) is 10.2. The Labute approximate surface area is 188 Å². The third-order valence-electron chi connectivity index (χ3n) is 8.50. The molecule has 5 aliphatic rings. The van der Waals surface area contributed by atoms with Crippen molar-refractivity contribution in [3.05, 3.63) is 34.9 Å². The van der Waals surface area contributed by atoms with Gasteiger partial charge >= 0.3 is 0 Å². The first-order valence-electron chi connectivity index (χ1n) is 12.0. The molecule has 4 heterocycles. The maximum atomic E-state index is 13.5. The van der Waals surface area contributed by atoms with E-state index in [4.69, 9.17) is 5.73 Å². The molecule has 32 heavy (non-hydrogen) atoms. The fourth-order valence-corrected chi connectivity index (χ4v) is 7.03. The predicted octanol–water partition coefficient (Wildman–Crippen LogP) is 0.588. The van der Waals surface area contributed by atoms with Crippen molar-refractivity contribution < 1.29 is 14.4 Å². The number of hydrogen-bond donors (Lipinski definition) is 2. The van der Waals surface area contributed by atoms with Crippen LogP contribution >= 0.6 is 0 Å². The Morgan fingerprint density at radius 1 is 1.09 bits per heavy atom. The van der Waals surface area contributed by atoms with Crippen LogP contribution < -0.4 is 11.1 Å². The van der Waals surface area contributed by atoms with E-state index in [1.54, 1.807) is 4.90 Å². The van der Waals surface area contributed by atoms with Crippen molar-refractivity contribution in [2.75, 3.05) is 19.6 Å². The summed E-state index contributed by atoms with van der Waals surface area (Å²) >= 11 is 0. The van der Waals surface area contributed by atoms with Crippen molar-refractivity contribution in [3.63, 3.8) is 0 Å². The summed E-state index contributed by atoms with van der Waals surface area (Å²) in [6, 6.07) is 6.36. The lowest BCUT2D eigenvalue weighted by Gasteiger charge is -2.61. The Morgan fingerprint density at radius 3 is 2.72 bits per heavy atom. The summed E-state index contributed by atoms with van der Waals surface area (Å²) in [5.41, 5.74) is 9.20. The Kier molecular flexibility index (Phi) is 4.68. The number of piperidine rings is 1. The van der Waals surface area contributed by atoms with E-state index in [1.165, 1.54) is 19.4 Å². The summed E-state index contributed by atoms with van der Waals surface area (Å²) in [5, 5.41) is 2.39. The van der Waals surface area contributed by atoms with Gasteiger partial charge in [-0.1, -0.05) is 18.2 Å². The Hall–Kier alpha value is -2.29. The predicted molar refractivity (Wildman–Crippen MR) is 117 cm³/mol. The molecule has 2 atom stereocenters. The number of carbonyl (C=O) groups is 3. The van der Waals surface area contributed by atoms with Gasteiger partial charge in [0.2, 0.25) is 11.8 Å². The molecule has 1 saturated carbocycles. The van der Waals surface area contributed by atoms with Gasteiger partial charge in [0.1, 0.15) is 6.04 Å². The normalized spacial score (nSPS) is 35.1. The van der Waals surface area contributed by atoms with E-state index in [1.807, 2.05) is 12.1 Å². The fourth-order valence-electron chi connectivity index (χ4n) is 7.03. The van der Waals surface area contributed by atoms with Crippen LogP contribution in [0, 0.1) is 0 Å². The van der Waals surface area contributed by atoms with E-state index in [0.29, 0.717) is 19.0 Å². The molecule has 1 aromatic rings. The van der Waals surface area contributed by atoms with Crippen molar-refractivity contribution in [1.29, 1.82) is 0 Å². The zero-order valence-electron chi connectivity index (χ0n) is 18.4. The zero-order chi connectivity index (χ0) is 22.0. The van der Waals surface area contributed by atoms with E-state index in [9.17, 15) is 14.4 Å². The lowest BCUT2D eigenvalue weighted by molar-refractivity contribution is -0.136. The molecule has 1 spiro atoms. The number of imide groups is 1. The van der Waals surface area contributed by atoms with Crippen molar-refractivity contribution in [2.24, 2.45) is 5.73 Å². The number of carbonyl (C=O) groups excluding carboxylic acids is 3. The largest absolute Gasteiger partial charge is 0.328 e. The molecule has 8 heteroatoms. The summed E-state index contributed by atoms with van der Waals surface area (Å²) in [5.74, 6) is -0.696. The van der Waals surface area contributed by atoms with Gasteiger partial charge in [-0.15, -0.1) is 0 Å². The SMILES string of the molecule is NC1CC2(C1)C1CCCN1CCN2Cc1cccc2c1C(=O)N(C1CCC(=O)NC1=O)C2. The summed E-state index contributed by atoms with van der Waals surface area (Å²) in [6.07, 6.45) is 5.22. The molecule has 3 amide bonds. The maximum Gasteiger partial charge on any atom is 0.255 e. The van der Waals surface area contributed by atoms with Gasteiger partial charge in [0, 0.05) is 55.8 Å². The van der Waals surface area contributed by atoms with Crippen molar-refractivity contribution in [3.8, 4) is 0 Å². The standard InChI is InChI=1S/C24H31N5O3/c25-17-11-24(12-17)19-5-2-8-27(19)9-10-28(24)13-15-3-1-4-16-14-29(23(32)21(15)16)18-6-7-20(30)26-22(18)31/h1,3-4,17-19H,2,5-14,25H2,(H,26,30,31). The number of benzene rings is 1. The van der Waals surface area contributed by atoms with Crippen LogP contribution in [-0.2, 0) is 22.7 Å². The Morgan fingerprint density at radius 2 is 1.94 bits per heavy atom. The van der Waals surface area contributed by atoms with Gasteiger partial charge in [-0.05, 0) is 49.8 Å². The highest BCUT2D eigenvalue weighted by molar-refractivity contribution is 6.06. The van der Waals surface area contributed by atoms with Gasteiger partial charge in [0.25, 0.3) is 5.91 Å². The molecule has 0 aromatic heterocycles. The Balaban J connectivity index is 1.27. The topological polar surface area (TPSA) is 99.0 Å². The van der Waals surface area contributed by atoms with Crippen LogP contribution in [0.5, 0.6) is 0 Å². The van der Waals surface area contributed by atoms with Gasteiger partial charge in [0.15, 0.2) is 0 Å². The van der Waals surface area contributed by atoms with Gasteiger partial charge < -0.3 is 10.6 Å².